The van der Waals surface area contributed by atoms with Crippen LogP contribution in [0.2, 0.25) is 0 Å². The van der Waals surface area contributed by atoms with E-state index in [0.29, 0.717) is 5.69 Å². The van der Waals surface area contributed by atoms with Crippen molar-refractivity contribution >= 4 is 23.2 Å². The van der Waals surface area contributed by atoms with E-state index in [1.165, 1.54) is 25.1 Å². The van der Waals surface area contributed by atoms with Crippen molar-refractivity contribution in [3.8, 4) is 0 Å². The van der Waals surface area contributed by atoms with Crippen LogP contribution in [0.25, 0.3) is 0 Å². The number of anilines is 2. The number of rotatable bonds is 3. The molecule has 1 saturated heterocycles. The Kier molecular flexibility index (Phi) is 4.11. The van der Waals surface area contributed by atoms with E-state index in [4.69, 9.17) is 0 Å². The maximum Gasteiger partial charge on any atom is 0.241 e. The summed E-state index contributed by atoms with van der Waals surface area (Å²) < 4.78 is 13.6. The fourth-order valence-electron chi connectivity index (χ4n) is 2.03. The molecule has 19 heavy (non-hydrogen) atoms. The molecule has 0 radical (unpaired) electrons. The molecule has 2 amide bonds. The van der Waals surface area contributed by atoms with Gasteiger partial charge in [0.1, 0.15) is 5.82 Å². The van der Waals surface area contributed by atoms with Gasteiger partial charge in [-0.2, -0.15) is 0 Å². The topological polar surface area (TPSA) is 70.2 Å². The average Bonchev–Trinajstić information content (AvgIpc) is 2.86. The van der Waals surface area contributed by atoms with E-state index < -0.39 is 5.82 Å². The van der Waals surface area contributed by atoms with Gasteiger partial charge < -0.3 is 16.0 Å². The smallest absolute Gasteiger partial charge is 0.241 e. The van der Waals surface area contributed by atoms with Gasteiger partial charge in [-0.25, -0.2) is 4.39 Å². The summed E-state index contributed by atoms with van der Waals surface area (Å²) in [5.74, 6) is -1.03. The van der Waals surface area contributed by atoms with E-state index in [-0.39, 0.29) is 23.5 Å². The first kappa shape index (κ1) is 13.5. The van der Waals surface area contributed by atoms with Crippen LogP contribution in [-0.4, -0.2) is 24.4 Å². The van der Waals surface area contributed by atoms with Crippen LogP contribution in [0, 0.1) is 5.82 Å². The molecular weight excluding hydrogens is 249 g/mol. The summed E-state index contributed by atoms with van der Waals surface area (Å²) in [5.41, 5.74) is 0.522. The minimum atomic E-state index is -0.527. The van der Waals surface area contributed by atoms with Crippen LogP contribution >= 0.6 is 0 Å². The van der Waals surface area contributed by atoms with Crippen LogP contribution in [0.4, 0.5) is 15.8 Å². The molecule has 102 valence electrons. The molecule has 0 unspecified atom stereocenters. The molecule has 1 aromatic rings. The van der Waals surface area contributed by atoms with Gasteiger partial charge in [0.05, 0.1) is 11.7 Å². The predicted octanol–water partition coefficient (Wildman–Crippen LogP) is 1.47. The fraction of sp³-hybridized carbons (Fsp3) is 0.385. The first-order valence-corrected chi connectivity index (χ1v) is 6.17. The Hall–Kier alpha value is -1.95. The van der Waals surface area contributed by atoms with E-state index in [2.05, 4.69) is 16.0 Å². The lowest BCUT2D eigenvalue weighted by Gasteiger charge is -2.12. The molecule has 1 heterocycles. The van der Waals surface area contributed by atoms with E-state index in [1.807, 2.05) is 0 Å². The number of amides is 2. The normalized spacial score (nSPS) is 18.1. The molecule has 1 atom stereocenters. The first-order valence-electron chi connectivity index (χ1n) is 6.17. The van der Waals surface area contributed by atoms with Crippen LogP contribution in [0.5, 0.6) is 0 Å². The van der Waals surface area contributed by atoms with Gasteiger partial charge >= 0.3 is 0 Å². The second-order valence-corrected chi connectivity index (χ2v) is 4.51. The van der Waals surface area contributed by atoms with E-state index >= 15 is 0 Å². The molecule has 1 aliphatic heterocycles. The number of carbonyl (C=O) groups is 2. The lowest BCUT2D eigenvalue weighted by molar-refractivity contribution is -0.118. The highest BCUT2D eigenvalue weighted by Gasteiger charge is 2.22. The summed E-state index contributed by atoms with van der Waals surface area (Å²) in [7, 11) is 0. The second-order valence-electron chi connectivity index (χ2n) is 4.51. The van der Waals surface area contributed by atoms with E-state index in [1.54, 1.807) is 0 Å². The molecule has 0 aromatic heterocycles. The lowest BCUT2D eigenvalue weighted by atomic mass is 10.2. The molecule has 1 fully saturated rings. The zero-order chi connectivity index (χ0) is 13.8. The highest BCUT2D eigenvalue weighted by atomic mass is 19.1. The number of hydrogen-bond acceptors (Lipinski definition) is 3. The summed E-state index contributed by atoms with van der Waals surface area (Å²) >= 11 is 0. The Morgan fingerprint density at radius 1 is 1.37 bits per heavy atom. The number of nitrogens with one attached hydrogen (secondary N) is 3. The van der Waals surface area contributed by atoms with Crippen LogP contribution in [0.15, 0.2) is 18.2 Å². The van der Waals surface area contributed by atoms with Crippen LogP contribution in [0.1, 0.15) is 19.8 Å². The largest absolute Gasteiger partial charge is 0.326 e. The van der Waals surface area contributed by atoms with Crippen molar-refractivity contribution < 1.29 is 14.0 Å². The van der Waals surface area contributed by atoms with Crippen LogP contribution in [0.3, 0.4) is 0 Å². The number of carbonyl (C=O) groups excluding carboxylic acids is 2. The summed E-state index contributed by atoms with van der Waals surface area (Å²) in [6.07, 6.45) is 1.69. The molecule has 0 bridgehead atoms. The van der Waals surface area contributed by atoms with Gasteiger partial charge in [0, 0.05) is 12.6 Å². The molecule has 6 heteroatoms. The van der Waals surface area contributed by atoms with Crippen molar-refractivity contribution in [2.45, 2.75) is 25.8 Å². The van der Waals surface area contributed by atoms with Gasteiger partial charge in [0.15, 0.2) is 0 Å². The highest BCUT2D eigenvalue weighted by Crippen LogP contribution is 2.20. The molecule has 1 aromatic carbocycles. The quantitative estimate of drug-likeness (QED) is 0.775. The monoisotopic (exact) mass is 265 g/mol. The highest BCUT2D eigenvalue weighted by molar-refractivity contribution is 5.96. The molecule has 3 N–H and O–H groups in total. The van der Waals surface area contributed by atoms with Crippen LogP contribution in [-0.2, 0) is 9.59 Å². The molecule has 0 saturated carbocycles. The number of hydrogen-bond donors (Lipinski definition) is 3. The van der Waals surface area contributed by atoms with Crippen LogP contribution < -0.4 is 16.0 Å². The summed E-state index contributed by atoms with van der Waals surface area (Å²) in [4.78, 5) is 22.8. The van der Waals surface area contributed by atoms with E-state index in [0.717, 1.165) is 19.4 Å². The van der Waals surface area contributed by atoms with Gasteiger partial charge in [-0.05, 0) is 37.6 Å². The fourth-order valence-corrected chi connectivity index (χ4v) is 2.03. The molecule has 5 nitrogen and oxygen atoms in total. The molecular formula is C13H16FN3O2. The van der Waals surface area contributed by atoms with Crippen molar-refractivity contribution in [3.63, 3.8) is 0 Å². The third-order valence-electron chi connectivity index (χ3n) is 2.92. The Bertz CT molecular complexity index is 499. The minimum absolute atomic E-state index is 0.0740. The third-order valence-corrected chi connectivity index (χ3v) is 2.92. The first-order chi connectivity index (χ1) is 9.06. The van der Waals surface area contributed by atoms with Crippen molar-refractivity contribution in [2.24, 2.45) is 0 Å². The Morgan fingerprint density at radius 3 is 2.79 bits per heavy atom. The molecule has 0 aliphatic carbocycles. The Labute approximate surface area is 110 Å². The third kappa shape index (κ3) is 3.51. The molecule has 0 spiro atoms. The molecule has 2 rings (SSSR count). The van der Waals surface area contributed by atoms with Crippen molar-refractivity contribution in [2.75, 3.05) is 17.2 Å². The van der Waals surface area contributed by atoms with Gasteiger partial charge in [-0.15, -0.1) is 0 Å². The van der Waals surface area contributed by atoms with Crippen molar-refractivity contribution in [3.05, 3.63) is 24.0 Å². The standard InChI is InChI=1S/C13H16FN3O2/c1-8(18)16-9-4-5-10(14)12(7-9)17-13(19)11-3-2-6-15-11/h4-5,7,11,15H,2-3,6H2,1H3,(H,16,18)(H,17,19)/t11-/m0/s1. The zero-order valence-electron chi connectivity index (χ0n) is 10.6. The predicted molar refractivity (Wildman–Crippen MR) is 70.4 cm³/mol. The SMILES string of the molecule is CC(=O)Nc1ccc(F)c(NC(=O)[C@@H]2CCCN2)c1. The summed E-state index contributed by atoms with van der Waals surface area (Å²) in [6.45, 7) is 2.16. The lowest BCUT2D eigenvalue weighted by Crippen LogP contribution is -2.35. The summed E-state index contributed by atoms with van der Waals surface area (Å²) in [6, 6.07) is 3.79. The minimum Gasteiger partial charge on any atom is -0.326 e. The molecule has 1 aliphatic rings. The Morgan fingerprint density at radius 2 is 2.16 bits per heavy atom. The van der Waals surface area contributed by atoms with Crippen molar-refractivity contribution in [1.82, 2.24) is 5.32 Å². The maximum atomic E-state index is 13.6. The van der Waals surface area contributed by atoms with Gasteiger partial charge in [-0.1, -0.05) is 0 Å². The average molecular weight is 265 g/mol. The number of halogens is 1. The zero-order valence-corrected chi connectivity index (χ0v) is 10.6. The van der Waals surface area contributed by atoms with Gasteiger partial charge in [0.2, 0.25) is 11.8 Å². The van der Waals surface area contributed by atoms with Gasteiger partial charge in [0.25, 0.3) is 0 Å². The van der Waals surface area contributed by atoms with E-state index in [9.17, 15) is 14.0 Å². The maximum absolute atomic E-state index is 13.6. The second kappa shape index (κ2) is 5.79. The Balaban J connectivity index is 2.09. The van der Waals surface area contributed by atoms with Crippen molar-refractivity contribution in [1.29, 1.82) is 0 Å². The number of benzene rings is 1. The van der Waals surface area contributed by atoms with Gasteiger partial charge in [-0.3, -0.25) is 9.59 Å². The summed E-state index contributed by atoms with van der Waals surface area (Å²) in [5, 5.41) is 8.12.